The predicted octanol–water partition coefficient (Wildman–Crippen LogP) is 5.53. The summed E-state index contributed by atoms with van der Waals surface area (Å²) in [6, 6.07) is 16.0. The quantitative estimate of drug-likeness (QED) is 0.487. The molecule has 0 radical (unpaired) electrons. The zero-order valence-electron chi connectivity index (χ0n) is 14.4. The van der Waals surface area contributed by atoms with E-state index in [1.807, 2.05) is 30.3 Å². The van der Waals surface area contributed by atoms with Crippen LogP contribution in [-0.4, -0.2) is 15.0 Å². The van der Waals surface area contributed by atoms with Gasteiger partial charge in [0.25, 0.3) is 0 Å². The zero-order chi connectivity index (χ0) is 19.6. The molecule has 0 fully saturated rings. The van der Waals surface area contributed by atoms with Crippen molar-refractivity contribution in [3.8, 4) is 0 Å². The average Bonchev–Trinajstić information content (AvgIpc) is 2.68. The number of hydrogen-bond donors (Lipinski definition) is 2. The van der Waals surface area contributed by atoms with Crippen molar-refractivity contribution in [1.82, 2.24) is 15.0 Å². The zero-order valence-corrected chi connectivity index (χ0v) is 14.4. The predicted molar refractivity (Wildman–Crippen MR) is 102 cm³/mol. The third kappa shape index (κ3) is 3.85. The number of anilines is 4. The molecule has 140 valence electrons. The molecule has 2 aromatic heterocycles. The van der Waals surface area contributed by atoms with Crippen LogP contribution in [0, 0.1) is 0 Å². The molecule has 2 N–H and O–H groups in total. The van der Waals surface area contributed by atoms with Crippen molar-refractivity contribution in [3.63, 3.8) is 0 Å². The van der Waals surface area contributed by atoms with Gasteiger partial charge in [-0.05, 0) is 42.5 Å². The van der Waals surface area contributed by atoms with E-state index in [4.69, 9.17) is 0 Å². The summed E-state index contributed by atoms with van der Waals surface area (Å²) < 4.78 is 38.0. The van der Waals surface area contributed by atoms with E-state index in [9.17, 15) is 13.2 Å². The third-order valence-electron chi connectivity index (χ3n) is 4.02. The maximum atomic E-state index is 12.7. The Kier molecular flexibility index (Phi) is 4.52. The van der Waals surface area contributed by atoms with E-state index < -0.39 is 11.7 Å². The van der Waals surface area contributed by atoms with Gasteiger partial charge >= 0.3 is 6.18 Å². The summed E-state index contributed by atoms with van der Waals surface area (Å²) in [7, 11) is 0. The van der Waals surface area contributed by atoms with Crippen LogP contribution in [0.3, 0.4) is 0 Å². The van der Waals surface area contributed by atoms with Crippen molar-refractivity contribution in [3.05, 3.63) is 78.6 Å². The van der Waals surface area contributed by atoms with Gasteiger partial charge in [-0.15, -0.1) is 0 Å². The molecule has 0 bridgehead atoms. The summed E-state index contributed by atoms with van der Waals surface area (Å²) >= 11 is 0. The number of alkyl halides is 3. The molecular formula is C20H14F3N5. The van der Waals surface area contributed by atoms with Crippen LogP contribution in [0.4, 0.5) is 36.3 Å². The van der Waals surface area contributed by atoms with Crippen LogP contribution in [0.5, 0.6) is 0 Å². The number of benzene rings is 2. The molecule has 2 heterocycles. The lowest BCUT2D eigenvalue weighted by Gasteiger charge is -2.11. The number of pyridine rings is 1. The molecule has 0 atom stereocenters. The molecule has 8 heteroatoms. The smallest absolute Gasteiger partial charge is 0.338 e. The maximum absolute atomic E-state index is 12.7. The standard InChI is InChI=1S/C20H14F3N5/c21-20(22,23)14-6-8-15(9-7-14)26-19-25-12-10-17(28-19)27-16-5-1-3-13-4-2-11-24-18(13)16/h1-12H,(H2,25,26,27,28). The topological polar surface area (TPSA) is 62.7 Å². The lowest BCUT2D eigenvalue weighted by atomic mass is 10.2. The van der Waals surface area contributed by atoms with Gasteiger partial charge < -0.3 is 10.6 Å². The van der Waals surface area contributed by atoms with Gasteiger partial charge in [0.15, 0.2) is 0 Å². The van der Waals surface area contributed by atoms with E-state index in [0.29, 0.717) is 11.5 Å². The molecule has 0 aliphatic rings. The summed E-state index contributed by atoms with van der Waals surface area (Å²) in [6.07, 6.45) is -1.10. The van der Waals surface area contributed by atoms with Crippen LogP contribution in [-0.2, 0) is 6.18 Å². The van der Waals surface area contributed by atoms with Gasteiger partial charge in [0.2, 0.25) is 5.95 Å². The van der Waals surface area contributed by atoms with Crippen LogP contribution in [0.2, 0.25) is 0 Å². The molecule has 28 heavy (non-hydrogen) atoms. The highest BCUT2D eigenvalue weighted by molar-refractivity contribution is 5.91. The van der Waals surface area contributed by atoms with Gasteiger partial charge in [0.1, 0.15) is 5.82 Å². The van der Waals surface area contributed by atoms with Crippen LogP contribution >= 0.6 is 0 Å². The number of fused-ring (bicyclic) bond motifs is 1. The monoisotopic (exact) mass is 381 g/mol. The van der Waals surface area contributed by atoms with Crippen molar-refractivity contribution in [2.75, 3.05) is 10.6 Å². The van der Waals surface area contributed by atoms with Gasteiger partial charge in [-0.25, -0.2) is 4.98 Å². The average molecular weight is 381 g/mol. The van der Waals surface area contributed by atoms with Gasteiger partial charge in [0.05, 0.1) is 16.8 Å². The van der Waals surface area contributed by atoms with Crippen molar-refractivity contribution >= 4 is 34.0 Å². The summed E-state index contributed by atoms with van der Waals surface area (Å²) in [5, 5.41) is 7.09. The number of nitrogens with one attached hydrogen (secondary N) is 2. The van der Waals surface area contributed by atoms with E-state index in [2.05, 4.69) is 25.6 Å². The second-order valence-corrected chi connectivity index (χ2v) is 5.97. The van der Waals surface area contributed by atoms with Crippen molar-refractivity contribution < 1.29 is 13.2 Å². The molecule has 0 aliphatic carbocycles. The lowest BCUT2D eigenvalue weighted by Crippen LogP contribution is -2.05. The van der Waals surface area contributed by atoms with Crippen LogP contribution in [0.15, 0.2) is 73.1 Å². The summed E-state index contributed by atoms with van der Waals surface area (Å²) in [4.78, 5) is 12.8. The normalized spacial score (nSPS) is 11.4. The minimum atomic E-state index is -4.37. The van der Waals surface area contributed by atoms with Crippen LogP contribution in [0.1, 0.15) is 5.56 Å². The summed E-state index contributed by atoms with van der Waals surface area (Å²) in [5.41, 5.74) is 1.34. The van der Waals surface area contributed by atoms with E-state index in [1.165, 1.54) is 12.1 Å². The summed E-state index contributed by atoms with van der Waals surface area (Å²) in [5.74, 6) is 0.792. The number of halogens is 3. The van der Waals surface area contributed by atoms with Gasteiger partial charge in [0, 0.05) is 23.5 Å². The van der Waals surface area contributed by atoms with Crippen molar-refractivity contribution in [2.24, 2.45) is 0 Å². The Morgan fingerprint density at radius 2 is 1.54 bits per heavy atom. The number of aromatic nitrogens is 3. The van der Waals surface area contributed by atoms with E-state index in [1.54, 1.807) is 18.5 Å². The Morgan fingerprint density at radius 3 is 2.32 bits per heavy atom. The Bertz CT molecular complexity index is 1110. The fraction of sp³-hybridized carbons (Fsp3) is 0.0500. The minimum Gasteiger partial charge on any atom is -0.338 e. The highest BCUT2D eigenvalue weighted by Gasteiger charge is 2.29. The summed E-state index contributed by atoms with van der Waals surface area (Å²) in [6.45, 7) is 0. The third-order valence-corrected chi connectivity index (χ3v) is 4.02. The van der Waals surface area contributed by atoms with Crippen LogP contribution in [0.25, 0.3) is 10.9 Å². The number of nitrogens with zero attached hydrogens (tertiary/aromatic N) is 3. The first-order chi connectivity index (χ1) is 13.5. The first-order valence-electron chi connectivity index (χ1n) is 8.37. The van der Waals surface area contributed by atoms with Gasteiger partial charge in [-0.1, -0.05) is 18.2 Å². The Balaban J connectivity index is 1.55. The highest BCUT2D eigenvalue weighted by Crippen LogP contribution is 2.30. The van der Waals surface area contributed by atoms with Gasteiger partial charge in [-0.2, -0.15) is 18.2 Å². The molecule has 0 saturated carbocycles. The molecule has 2 aromatic carbocycles. The van der Waals surface area contributed by atoms with E-state index >= 15 is 0 Å². The van der Waals surface area contributed by atoms with E-state index in [-0.39, 0.29) is 5.95 Å². The fourth-order valence-corrected chi connectivity index (χ4v) is 2.70. The first kappa shape index (κ1) is 17.7. The molecule has 5 nitrogen and oxygen atoms in total. The van der Waals surface area contributed by atoms with E-state index in [0.717, 1.165) is 28.7 Å². The Labute approximate surface area is 158 Å². The molecule has 4 rings (SSSR count). The maximum Gasteiger partial charge on any atom is 0.416 e. The number of rotatable bonds is 4. The molecule has 4 aromatic rings. The molecule has 0 unspecified atom stereocenters. The first-order valence-corrected chi connectivity index (χ1v) is 8.37. The lowest BCUT2D eigenvalue weighted by molar-refractivity contribution is -0.137. The minimum absolute atomic E-state index is 0.262. The Morgan fingerprint density at radius 1 is 0.750 bits per heavy atom. The molecule has 0 spiro atoms. The number of hydrogen-bond acceptors (Lipinski definition) is 5. The second kappa shape index (κ2) is 7.15. The molecule has 0 saturated heterocycles. The van der Waals surface area contributed by atoms with Crippen LogP contribution < -0.4 is 10.6 Å². The van der Waals surface area contributed by atoms with Crippen molar-refractivity contribution in [1.29, 1.82) is 0 Å². The van der Waals surface area contributed by atoms with Crippen molar-refractivity contribution in [2.45, 2.75) is 6.18 Å². The molecular weight excluding hydrogens is 367 g/mol. The molecule has 0 amide bonds. The van der Waals surface area contributed by atoms with Gasteiger partial charge in [-0.3, -0.25) is 4.98 Å². The fourth-order valence-electron chi connectivity index (χ4n) is 2.70. The largest absolute Gasteiger partial charge is 0.416 e. The second-order valence-electron chi connectivity index (χ2n) is 5.97. The Hall–Kier alpha value is -3.68. The number of para-hydroxylation sites is 1. The SMILES string of the molecule is FC(F)(F)c1ccc(Nc2nccc(Nc3cccc4cccnc34)n2)cc1. The highest BCUT2D eigenvalue weighted by atomic mass is 19.4. The molecule has 0 aliphatic heterocycles.